The summed E-state index contributed by atoms with van der Waals surface area (Å²) in [7, 11) is 0. The molecule has 24 heavy (non-hydrogen) atoms. The lowest BCUT2D eigenvalue weighted by molar-refractivity contribution is -0.124. The van der Waals surface area contributed by atoms with Crippen molar-refractivity contribution in [2.45, 2.75) is 6.42 Å². The zero-order chi connectivity index (χ0) is 17.5. The second-order valence-electron chi connectivity index (χ2n) is 4.88. The van der Waals surface area contributed by atoms with Crippen molar-refractivity contribution in [2.75, 3.05) is 13.2 Å². The molecule has 0 fully saturated rings. The molecule has 0 atom stereocenters. The molecule has 0 aliphatic rings. The molecular formula is C17H14Cl3NO3. The summed E-state index contributed by atoms with van der Waals surface area (Å²) in [6.07, 6.45) is 0.687. The van der Waals surface area contributed by atoms with Crippen LogP contribution in [0.2, 0.25) is 15.1 Å². The van der Waals surface area contributed by atoms with Crippen molar-refractivity contribution in [3.63, 3.8) is 0 Å². The van der Waals surface area contributed by atoms with Gasteiger partial charge in [0.05, 0.1) is 20.6 Å². The van der Waals surface area contributed by atoms with E-state index < -0.39 is 18.5 Å². The van der Waals surface area contributed by atoms with E-state index in [0.29, 0.717) is 13.0 Å². The van der Waals surface area contributed by atoms with E-state index in [1.54, 1.807) is 0 Å². The number of rotatable bonds is 6. The van der Waals surface area contributed by atoms with Crippen LogP contribution in [0.15, 0.2) is 42.5 Å². The summed E-state index contributed by atoms with van der Waals surface area (Å²) in [5.41, 5.74) is 1.05. The van der Waals surface area contributed by atoms with Gasteiger partial charge in [-0.2, -0.15) is 0 Å². The van der Waals surface area contributed by atoms with Gasteiger partial charge in [-0.1, -0.05) is 65.1 Å². The Labute approximate surface area is 154 Å². The van der Waals surface area contributed by atoms with Gasteiger partial charge in [-0.3, -0.25) is 4.79 Å². The average molecular weight is 387 g/mol. The van der Waals surface area contributed by atoms with Crippen molar-refractivity contribution < 1.29 is 14.3 Å². The predicted octanol–water partition coefficient (Wildman–Crippen LogP) is 4.16. The number of hydrogen-bond donors (Lipinski definition) is 1. The molecule has 0 bridgehead atoms. The fourth-order valence-corrected chi connectivity index (χ4v) is 2.64. The number of amides is 1. The zero-order valence-corrected chi connectivity index (χ0v) is 14.8. The third-order valence-corrected chi connectivity index (χ3v) is 4.28. The molecule has 0 saturated carbocycles. The van der Waals surface area contributed by atoms with Crippen molar-refractivity contribution in [3.8, 4) is 0 Å². The highest BCUT2D eigenvalue weighted by Crippen LogP contribution is 2.31. The normalized spacial score (nSPS) is 10.3. The van der Waals surface area contributed by atoms with Gasteiger partial charge in [-0.25, -0.2) is 4.79 Å². The molecule has 126 valence electrons. The highest BCUT2D eigenvalue weighted by Gasteiger charge is 2.19. The van der Waals surface area contributed by atoms with E-state index in [1.807, 2.05) is 30.3 Å². The highest BCUT2D eigenvalue weighted by atomic mass is 35.5. The van der Waals surface area contributed by atoms with Gasteiger partial charge in [-0.05, 0) is 24.1 Å². The minimum atomic E-state index is -0.800. The number of nitrogens with one attached hydrogen (secondary N) is 1. The average Bonchev–Trinajstić information content (AvgIpc) is 2.58. The molecule has 0 aliphatic heterocycles. The van der Waals surface area contributed by atoms with Crippen LogP contribution in [0.1, 0.15) is 15.9 Å². The van der Waals surface area contributed by atoms with Crippen molar-refractivity contribution in [1.29, 1.82) is 0 Å². The largest absolute Gasteiger partial charge is 0.452 e. The minimum Gasteiger partial charge on any atom is -0.452 e. The van der Waals surface area contributed by atoms with Crippen LogP contribution < -0.4 is 5.32 Å². The second-order valence-corrected chi connectivity index (χ2v) is 6.07. The van der Waals surface area contributed by atoms with Gasteiger partial charge in [-0.15, -0.1) is 0 Å². The quantitative estimate of drug-likeness (QED) is 0.599. The second kappa shape index (κ2) is 8.92. The van der Waals surface area contributed by atoms with Crippen LogP contribution in [0.4, 0.5) is 0 Å². The Morgan fingerprint density at radius 2 is 1.62 bits per heavy atom. The first-order valence-electron chi connectivity index (χ1n) is 7.10. The Morgan fingerprint density at radius 1 is 0.958 bits per heavy atom. The van der Waals surface area contributed by atoms with E-state index >= 15 is 0 Å². The van der Waals surface area contributed by atoms with Gasteiger partial charge in [0.15, 0.2) is 6.61 Å². The van der Waals surface area contributed by atoms with Crippen molar-refractivity contribution in [1.82, 2.24) is 5.32 Å². The molecule has 2 aromatic carbocycles. The monoisotopic (exact) mass is 385 g/mol. The number of carbonyl (C=O) groups is 2. The fourth-order valence-electron chi connectivity index (χ4n) is 1.96. The summed E-state index contributed by atoms with van der Waals surface area (Å²) in [6, 6.07) is 12.6. The maximum Gasteiger partial charge on any atom is 0.341 e. The number of benzene rings is 2. The van der Waals surface area contributed by atoms with Crippen LogP contribution in [0.3, 0.4) is 0 Å². The molecule has 2 aromatic rings. The van der Waals surface area contributed by atoms with Crippen molar-refractivity contribution >= 4 is 46.7 Å². The van der Waals surface area contributed by atoms with E-state index in [2.05, 4.69) is 5.32 Å². The molecule has 1 amide bonds. The topological polar surface area (TPSA) is 55.4 Å². The number of esters is 1. The molecule has 0 heterocycles. The first kappa shape index (κ1) is 18.6. The van der Waals surface area contributed by atoms with Gasteiger partial charge < -0.3 is 10.1 Å². The van der Waals surface area contributed by atoms with E-state index in [1.165, 1.54) is 12.1 Å². The van der Waals surface area contributed by atoms with Crippen LogP contribution >= 0.6 is 34.8 Å². The molecule has 0 saturated heterocycles. The van der Waals surface area contributed by atoms with Crippen LogP contribution in [-0.2, 0) is 16.0 Å². The van der Waals surface area contributed by atoms with Crippen LogP contribution in [0.5, 0.6) is 0 Å². The van der Waals surface area contributed by atoms with E-state index in [9.17, 15) is 9.59 Å². The first-order valence-corrected chi connectivity index (χ1v) is 8.23. The van der Waals surface area contributed by atoms with E-state index in [-0.39, 0.29) is 20.6 Å². The molecule has 0 aromatic heterocycles. The third-order valence-electron chi connectivity index (χ3n) is 3.16. The van der Waals surface area contributed by atoms with Crippen LogP contribution in [-0.4, -0.2) is 25.0 Å². The molecule has 0 aliphatic carbocycles. The van der Waals surface area contributed by atoms with Gasteiger partial charge in [0, 0.05) is 6.54 Å². The number of hydrogen-bond acceptors (Lipinski definition) is 3. The SMILES string of the molecule is O=C(COC(=O)c1c(Cl)ccc(Cl)c1Cl)NCCc1ccccc1. The molecular weight excluding hydrogens is 373 g/mol. The summed E-state index contributed by atoms with van der Waals surface area (Å²) in [6.45, 7) is 0.0197. The summed E-state index contributed by atoms with van der Waals surface area (Å²) in [5.74, 6) is -1.21. The molecule has 1 N–H and O–H groups in total. The molecule has 4 nitrogen and oxygen atoms in total. The number of ether oxygens (including phenoxy) is 1. The summed E-state index contributed by atoms with van der Waals surface area (Å²) < 4.78 is 4.93. The van der Waals surface area contributed by atoms with Gasteiger partial charge >= 0.3 is 5.97 Å². The molecule has 0 radical (unpaired) electrons. The first-order chi connectivity index (χ1) is 11.5. The molecule has 0 unspecified atom stereocenters. The Hall–Kier alpha value is -1.75. The number of halogens is 3. The lowest BCUT2D eigenvalue weighted by Gasteiger charge is -2.09. The zero-order valence-electron chi connectivity index (χ0n) is 12.5. The molecule has 2 rings (SSSR count). The van der Waals surface area contributed by atoms with Crippen LogP contribution in [0.25, 0.3) is 0 Å². The summed E-state index contributed by atoms with van der Waals surface area (Å²) >= 11 is 17.7. The van der Waals surface area contributed by atoms with Gasteiger partial charge in [0.1, 0.15) is 0 Å². The summed E-state index contributed by atoms with van der Waals surface area (Å²) in [5, 5.41) is 2.96. The predicted molar refractivity (Wildman–Crippen MR) is 94.9 cm³/mol. The van der Waals surface area contributed by atoms with Crippen molar-refractivity contribution in [3.05, 3.63) is 68.7 Å². The third kappa shape index (κ3) is 5.13. The Balaban J connectivity index is 1.81. The Bertz CT molecular complexity index is 735. The molecule has 0 spiro atoms. The van der Waals surface area contributed by atoms with Crippen LogP contribution in [0, 0.1) is 0 Å². The smallest absolute Gasteiger partial charge is 0.341 e. The van der Waals surface area contributed by atoms with Crippen molar-refractivity contribution in [2.24, 2.45) is 0 Å². The summed E-state index contributed by atoms with van der Waals surface area (Å²) in [4.78, 5) is 23.7. The van der Waals surface area contributed by atoms with E-state index in [4.69, 9.17) is 39.5 Å². The highest BCUT2D eigenvalue weighted by molar-refractivity contribution is 6.46. The minimum absolute atomic E-state index is 0.00125. The lowest BCUT2D eigenvalue weighted by Crippen LogP contribution is -2.30. The van der Waals surface area contributed by atoms with E-state index in [0.717, 1.165) is 5.56 Å². The Morgan fingerprint density at radius 3 is 2.33 bits per heavy atom. The molecule has 7 heteroatoms. The number of carbonyl (C=O) groups excluding carboxylic acids is 2. The maximum atomic E-state index is 12.0. The Kier molecular flexibility index (Phi) is 6.91. The lowest BCUT2D eigenvalue weighted by atomic mass is 10.1. The van der Waals surface area contributed by atoms with Gasteiger partial charge in [0.25, 0.3) is 5.91 Å². The fraction of sp³-hybridized carbons (Fsp3) is 0.176. The maximum absolute atomic E-state index is 12.0. The van der Waals surface area contributed by atoms with Gasteiger partial charge in [0.2, 0.25) is 0 Å². The standard InChI is InChI=1S/C17H14Cl3NO3/c18-12-6-7-13(19)16(20)15(12)17(23)24-10-14(22)21-9-8-11-4-2-1-3-5-11/h1-7H,8-10H2,(H,21,22).